The Labute approximate surface area is 143 Å². The van der Waals surface area contributed by atoms with Crippen molar-refractivity contribution in [1.82, 2.24) is 4.98 Å². The van der Waals surface area contributed by atoms with Crippen molar-refractivity contribution in [3.05, 3.63) is 42.3 Å². The molecule has 0 atom stereocenters. The normalized spacial score (nSPS) is 10.2. The molecule has 0 aliphatic carbocycles. The predicted octanol–water partition coefficient (Wildman–Crippen LogP) is 3.98. The third kappa shape index (κ3) is 4.69. The summed E-state index contributed by atoms with van der Waals surface area (Å²) >= 11 is 0.982. The van der Waals surface area contributed by atoms with Crippen LogP contribution in [0, 0.1) is 11.2 Å². The van der Waals surface area contributed by atoms with E-state index in [1.807, 2.05) is 6.92 Å². The van der Waals surface area contributed by atoms with E-state index in [4.69, 9.17) is 15.9 Å². The molecule has 6 nitrogen and oxygen atoms in total. The number of halogens is 1. The van der Waals surface area contributed by atoms with Crippen molar-refractivity contribution in [2.45, 2.75) is 19.8 Å². The highest BCUT2D eigenvalue weighted by molar-refractivity contribution is 8.15. The average molecular weight is 348 g/mol. The van der Waals surface area contributed by atoms with Gasteiger partial charge in [0.15, 0.2) is 11.6 Å². The summed E-state index contributed by atoms with van der Waals surface area (Å²) in [4.78, 5) is 15.3. The van der Waals surface area contributed by atoms with Gasteiger partial charge in [0.1, 0.15) is 11.6 Å². The van der Waals surface area contributed by atoms with Crippen molar-refractivity contribution in [2.75, 3.05) is 10.0 Å². The van der Waals surface area contributed by atoms with Crippen molar-refractivity contribution in [2.24, 2.45) is 0 Å². The number of nitrogen functional groups attached to an aromatic ring is 1. The van der Waals surface area contributed by atoms with Gasteiger partial charge in [0.25, 0.3) is 0 Å². The molecule has 1 amide bonds. The lowest BCUT2D eigenvalue weighted by molar-refractivity contribution is -0.106. The fourth-order valence-electron chi connectivity index (χ4n) is 1.82. The first-order valence-corrected chi connectivity index (χ1v) is 7.99. The molecule has 1 aromatic carbocycles. The van der Waals surface area contributed by atoms with Gasteiger partial charge in [0, 0.05) is 36.0 Å². The van der Waals surface area contributed by atoms with Crippen LogP contribution in [0.5, 0.6) is 11.5 Å². The van der Waals surface area contributed by atoms with E-state index in [2.05, 4.69) is 4.98 Å². The maximum atomic E-state index is 13.8. The van der Waals surface area contributed by atoms with E-state index in [-0.39, 0.29) is 5.75 Å². The van der Waals surface area contributed by atoms with Gasteiger partial charge in [0.2, 0.25) is 6.41 Å². The first-order chi connectivity index (χ1) is 11.5. The molecule has 1 heterocycles. The average Bonchev–Trinajstić information content (AvgIpc) is 2.56. The molecule has 0 radical (unpaired) electrons. The van der Waals surface area contributed by atoms with Crippen molar-refractivity contribution in [1.29, 1.82) is 5.41 Å². The molecule has 0 saturated carbocycles. The zero-order chi connectivity index (χ0) is 17.5. The number of carbonyl (C=O) groups excluding carboxylic acids is 1. The van der Waals surface area contributed by atoms with Crippen LogP contribution >= 0.6 is 11.9 Å². The Morgan fingerprint density at radius 1 is 1.46 bits per heavy atom. The Morgan fingerprint density at radius 2 is 2.25 bits per heavy atom. The van der Waals surface area contributed by atoms with Crippen LogP contribution in [0.4, 0.5) is 15.9 Å². The molecule has 0 spiro atoms. The second kappa shape index (κ2) is 8.30. The summed E-state index contributed by atoms with van der Waals surface area (Å²) in [6, 6.07) is 7.16. The number of amides is 1. The van der Waals surface area contributed by atoms with Crippen LogP contribution in [0.15, 0.2) is 36.5 Å². The first-order valence-electron chi connectivity index (χ1n) is 7.22. The monoisotopic (exact) mass is 348 g/mol. The third-order valence-electron chi connectivity index (χ3n) is 2.91. The summed E-state index contributed by atoms with van der Waals surface area (Å²) < 4.78 is 20.5. The second-order valence-corrected chi connectivity index (χ2v) is 5.91. The zero-order valence-corrected chi connectivity index (χ0v) is 13.8. The molecule has 24 heavy (non-hydrogen) atoms. The second-order valence-electron chi connectivity index (χ2n) is 4.84. The van der Waals surface area contributed by atoms with E-state index in [1.54, 1.807) is 6.07 Å². The van der Waals surface area contributed by atoms with E-state index in [1.165, 1.54) is 28.7 Å². The molecule has 0 unspecified atom stereocenters. The van der Waals surface area contributed by atoms with E-state index in [0.29, 0.717) is 35.1 Å². The highest BCUT2D eigenvalue weighted by atomic mass is 32.2. The molecule has 2 aromatic rings. The van der Waals surface area contributed by atoms with Crippen molar-refractivity contribution < 1.29 is 13.9 Å². The number of carbonyl (C=O) groups is 1. The number of hydrogen-bond donors (Lipinski definition) is 2. The van der Waals surface area contributed by atoms with Crippen LogP contribution in [0.3, 0.4) is 0 Å². The number of nitrogens with zero attached hydrogens (tertiary/aromatic N) is 2. The molecule has 0 aliphatic heterocycles. The van der Waals surface area contributed by atoms with Gasteiger partial charge in [-0.3, -0.25) is 10.2 Å². The summed E-state index contributed by atoms with van der Waals surface area (Å²) in [7, 11) is 0. The van der Waals surface area contributed by atoms with E-state index < -0.39 is 5.82 Å². The van der Waals surface area contributed by atoms with E-state index in [9.17, 15) is 9.18 Å². The smallest absolute Gasteiger partial charge is 0.225 e. The van der Waals surface area contributed by atoms with Crippen LogP contribution in [0.25, 0.3) is 0 Å². The van der Waals surface area contributed by atoms with Crippen LogP contribution in [0.1, 0.15) is 19.8 Å². The summed E-state index contributed by atoms with van der Waals surface area (Å²) in [5.74, 6) is 0.0486. The molecule has 8 heteroatoms. The van der Waals surface area contributed by atoms with E-state index in [0.717, 1.165) is 24.4 Å². The van der Waals surface area contributed by atoms with Gasteiger partial charge < -0.3 is 10.5 Å². The number of aromatic nitrogens is 1. The molecule has 3 N–H and O–H groups in total. The van der Waals surface area contributed by atoms with Crippen molar-refractivity contribution in [3.8, 4) is 11.5 Å². The SMILES string of the molecule is CCCC(=N)SN(C=O)c1cc(Oc2ccc(N)cc2F)ccn1. The Morgan fingerprint density at radius 3 is 2.92 bits per heavy atom. The summed E-state index contributed by atoms with van der Waals surface area (Å²) in [6.07, 6.45) is 3.40. The minimum atomic E-state index is -0.584. The fraction of sp³-hybridized carbons (Fsp3) is 0.188. The topological polar surface area (TPSA) is 92.3 Å². The number of benzene rings is 1. The van der Waals surface area contributed by atoms with Crippen LogP contribution in [-0.4, -0.2) is 16.4 Å². The third-order valence-corrected chi connectivity index (χ3v) is 3.80. The highest BCUT2D eigenvalue weighted by Crippen LogP contribution is 2.29. The number of nitrogens with one attached hydrogen (secondary N) is 1. The Kier molecular flexibility index (Phi) is 6.14. The van der Waals surface area contributed by atoms with Gasteiger partial charge in [-0.1, -0.05) is 13.3 Å². The lowest BCUT2D eigenvalue weighted by Gasteiger charge is -2.16. The van der Waals surface area contributed by atoms with E-state index >= 15 is 0 Å². The molecule has 2 rings (SSSR count). The molecular formula is C16H17FN4O2S. The summed E-state index contributed by atoms with van der Waals surface area (Å²) in [5.41, 5.74) is 5.80. The predicted molar refractivity (Wildman–Crippen MR) is 93.9 cm³/mol. The maximum Gasteiger partial charge on any atom is 0.225 e. The lowest BCUT2D eigenvalue weighted by Crippen LogP contribution is -2.15. The van der Waals surface area contributed by atoms with Crippen molar-refractivity contribution in [3.63, 3.8) is 0 Å². The quantitative estimate of drug-likeness (QED) is 0.259. The Balaban J connectivity index is 2.18. The van der Waals surface area contributed by atoms with Gasteiger partial charge in [-0.05, 0) is 24.6 Å². The summed E-state index contributed by atoms with van der Waals surface area (Å²) in [6.45, 7) is 1.95. The van der Waals surface area contributed by atoms with Crippen LogP contribution in [0.2, 0.25) is 0 Å². The molecule has 0 aliphatic rings. The Hall–Kier alpha value is -2.61. The zero-order valence-electron chi connectivity index (χ0n) is 13.0. The number of anilines is 2. The van der Waals surface area contributed by atoms with Gasteiger partial charge in [0.05, 0.1) is 5.04 Å². The first kappa shape index (κ1) is 17.7. The van der Waals surface area contributed by atoms with Gasteiger partial charge >= 0.3 is 0 Å². The molecule has 0 fully saturated rings. The Bertz CT molecular complexity index is 742. The molecule has 1 aromatic heterocycles. The summed E-state index contributed by atoms with van der Waals surface area (Å²) in [5, 5.41) is 8.14. The number of rotatable bonds is 7. The molecule has 126 valence electrons. The minimum Gasteiger partial charge on any atom is -0.454 e. The van der Waals surface area contributed by atoms with Crippen molar-refractivity contribution >= 4 is 34.9 Å². The van der Waals surface area contributed by atoms with Gasteiger partial charge in [-0.25, -0.2) is 13.7 Å². The number of pyridine rings is 1. The highest BCUT2D eigenvalue weighted by Gasteiger charge is 2.13. The standard InChI is InChI=1S/C16H17FN4O2S/c1-2-3-15(19)24-21(10-22)16-9-12(6-7-20-16)23-14-5-4-11(18)8-13(14)17/h4-10,19H,2-3,18H2,1H3. The number of hydrogen-bond acceptors (Lipinski definition) is 6. The fourth-order valence-corrected chi connectivity index (χ4v) is 2.59. The molecule has 0 saturated heterocycles. The number of nitrogens with two attached hydrogens (primary N) is 1. The largest absolute Gasteiger partial charge is 0.454 e. The lowest BCUT2D eigenvalue weighted by atomic mass is 10.3. The minimum absolute atomic E-state index is 0.0189. The van der Waals surface area contributed by atoms with Crippen LogP contribution < -0.4 is 14.8 Å². The van der Waals surface area contributed by atoms with Crippen LogP contribution in [-0.2, 0) is 4.79 Å². The van der Waals surface area contributed by atoms with Gasteiger partial charge in [-0.2, -0.15) is 0 Å². The number of ether oxygens (including phenoxy) is 1. The van der Waals surface area contributed by atoms with Gasteiger partial charge in [-0.15, -0.1) is 0 Å². The maximum absolute atomic E-state index is 13.8. The molecular weight excluding hydrogens is 331 g/mol. The molecule has 0 bridgehead atoms.